The van der Waals surface area contributed by atoms with Crippen LogP contribution in [0.5, 0.6) is 0 Å². The lowest BCUT2D eigenvalue weighted by atomic mass is 10.2. The number of benzene rings is 2. The number of imidazole rings is 1. The van der Waals surface area contributed by atoms with Crippen molar-refractivity contribution in [3.63, 3.8) is 0 Å². The van der Waals surface area contributed by atoms with Gasteiger partial charge in [0.15, 0.2) is 5.65 Å². The number of nitrogens with zero attached hydrogens (tertiary/aromatic N) is 2. The second-order valence-electron chi connectivity index (χ2n) is 4.35. The SMILES string of the molecule is O=c1[nH]c2cccc(Br)c2c2nc3ccccc3n12. The van der Waals surface area contributed by atoms with Crippen molar-refractivity contribution in [3.05, 3.63) is 57.4 Å². The molecule has 0 spiro atoms. The predicted molar refractivity (Wildman–Crippen MR) is 78.5 cm³/mol. The van der Waals surface area contributed by atoms with E-state index < -0.39 is 0 Å². The Hall–Kier alpha value is -2.14. The molecule has 2 aromatic heterocycles. The number of H-pyrrole nitrogens is 1. The number of aromatic amines is 1. The Morgan fingerprint density at radius 3 is 2.84 bits per heavy atom. The second kappa shape index (κ2) is 3.68. The summed E-state index contributed by atoms with van der Waals surface area (Å²) in [6.45, 7) is 0. The summed E-state index contributed by atoms with van der Waals surface area (Å²) >= 11 is 3.52. The third-order valence-corrected chi connectivity index (χ3v) is 3.90. The van der Waals surface area contributed by atoms with Crippen LogP contribution in [-0.2, 0) is 0 Å². The van der Waals surface area contributed by atoms with Gasteiger partial charge in [0, 0.05) is 4.47 Å². The Morgan fingerprint density at radius 1 is 1.11 bits per heavy atom. The van der Waals surface area contributed by atoms with Gasteiger partial charge in [0.1, 0.15) is 0 Å². The first-order valence-corrected chi connectivity index (χ1v) is 6.63. The van der Waals surface area contributed by atoms with E-state index in [1.807, 2.05) is 42.5 Å². The highest BCUT2D eigenvalue weighted by Gasteiger charge is 2.12. The van der Waals surface area contributed by atoms with E-state index in [4.69, 9.17) is 0 Å². The van der Waals surface area contributed by atoms with Crippen LogP contribution in [0.3, 0.4) is 0 Å². The molecule has 1 N–H and O–H groups in total. The Bertz CT molecular complexity index is 1000. The average molecular weight is 314 g/mol. The molecule has 0 amide bonds. The van der Waals surface area contributed by atoms with Crippen LogP contribution in [0.4, 0.5) is 0 Å². The van der Waals surface area contributed by atoms with Crippen molar-refractivity contribution in [1.29, 1.82) is 0 Å². The van der Waals surface area contributed by atoms with E-state index in [-0.39, 0.29) is 5.69 Å². The van der Waals surface area contributed by atoms with Gasteiger partial charge < -0.3 is 4.98 Å². The van der Waals surface area contributed by atoms with Gasteiger partial charge in [0.05, 0.1) is 21.9 Å². The lowest BCUT2D eigenvalue weighted by Crippen LogP contribution is -2.16. The zero-order valence-electron chi connectivity index (χ0n) is 9.72. The van der Waals surface area contributed by atoms with E-state index in [0.29, 0.717) is 5.65 Å². The highest BCUT2D eigenvalue weighted by molar-refractivity contribution is 9.10. The fourth-order valence-electron chi connectivity index (χ4n) is 2.43. The normalized spacial score (nSPS) is 11.6. The van der Waals surface area contributed by atoms with Crippen LogP contribution in [-0.4, -0.2) is 14.4 Å². The minimum atomic E-state index is -0.172. The molecule has 4 nitrogen and oxygen atoms in total. The van der Waals surface area contributed by atoms with Gasteiger partial charge in [0.25, 0.3) is 0 Å². The van der Waals surface area contributed by atoms with Gasteiger partial charge in [-0.2, -0.15) is 0 Å². The summed E-state index contributed by atoms with van der Waals surface area (Å²) in [5.74, 6) is 0. The number of nitrogens with one attached hydrogen (secondary N) is 1. The first-order chi connectivity index (χ1) is 9.25. The van der Waals surface area contributed by atoms with Crippen LogP contribution in [0.25, 0.3) is 27.6 Å². The Balaban J connectivity index is 2.43. The number of halogens is 1. The van der Waals surface area contributed by atoms with Crippen LogP contribution in [0.15, 0.2) is 51.7 Å². The number of hydrogen-bond donors (Lipinski definition) is 1. The maximum absolute atomic E-state index is 12.2. The number of fused-ring (bicyclic) bond motifs is 5. The first kappa shape index (κ1) is 10.8. The van der Waals surface area contributed by atoms with Gasteiger partial charge in [-0.3, -0.25) is 0 Å². The lowest BCUT2D eigenvalue weighted by Gasteiger charge is -2.02. The summed E-state index contributed by atoms with van der Waals surface area (Å²) in [5.41, 5.74) is 2.91. The summed E-state index contributed by atoms with van der Waals surface area (Å²) in [5, 5.41) is 0.915. The van der Waals surface area contributed by atoms with Crippen molar-refractivity contribution in [2.75, 3.05) is 0 Å². The van der Waals surface area contributed by atoms with E-state index in [1.54, 1.807) is 4.40 Å². The van der Waals surface area contributed by atoms with E-state index in [2.05, 4.69) is 25.9 Å². The summed E-state index contributed by atoms with van der Waals surface area (Å²) in [7, 11) is 0. The molecule has 0 atom stereocenters. The smallest absolute Gasteiger partial charge is 0.306 e. The maximum Gasteiger partial charge on any atom is 0.332 e. The van der Waals surface area contributed by atoms with Crippen molar-refractivity contribution >= 4 is 43.5 Å². The maximum atomic E-state index is 12.2. The van der Waals surface area contributed by atoms with E-state index >= 15 is 0 Å². The van der Waals surface area contributed by atoms with Crippen molar-refractivity contribution < 1.29 is 0 Å². The van der Waals surface area contributed by atoms with Crippen LogP contribution in [0.2, 0.25) is 0 Å². The molecule has 0 aliphatic carbocycles. The van der Waals surface area contributed by atoms with Crippen LogP contribution >= 0.6 is 15.9 Å². The van der Waals surface area contributed by atoms with Gasteiger partial charge in [-0.25, -0.2) is 14.2 Å². The van der Waals surface area contributed by atoms with Crippen LogP contribution in [0.1, 0.15) is 0 Å². The average Bonchev–Trinajstić information content (AvgIpc) is 2.78. The largest absolute Gasteiger partial charge is 0.332 e. The highest BCUT2D eigenvalue weighted by Crippen LogP contribution is 2.27. The van der Waals surface area contributed by atoms with Crippen LogP contribution < -0.4 is 5.69 Å². The van der Waals surface area contributed by atoms with Crippen molar-refractivity contribution in [1.82, 2.24) is 14.4 Å². The lowest BCUT2D eigenvalue weighted by molar-refractivity contribution is 1.06. The minimum absolute atomic E-state index is 0.172. The van der Waals surface area contributed by atoms with Crippen molar-refractivity contribution in [3.8, 4) is 0 Å². The fraction of sp³-hybridized carbons (Fsp3) is 0. The molecule has 0 radical (unpaired) electrons. The molecule has 2 aromatic carbocycles. The molecule has 4 aromatic rings. The topological polar surface area (TPSA) is 50.2 Å². The van der Waals surface area contributed by atoms with E-state index in [9.17, 15) is 4.79 Å². The quantitative estimate of drug-likeness (QED) is 0.542. The molecular weight excluding hydrogens is 306 g/mol. The van der Waals surface area contributed by atoms with E-state index in [0.717, 1.165) is 26.4 Å². The van der Waals surface area contributed by atoms with Gasteiger partial charge in [-0.1, -0.05) is 18.2 Å². The van der Waals surface area contributed by atoms with Gasteiger partial charge in [-0.05, 0) is 40.2 Å². The second-order valence-corrected chi connectivity index (χ2v) is 5.21. The Labute approximate surface area is 115 Å². The van der Waals surface area contributed by atoms with E-state index in [1.165, 1.54) is 0 Å². The number of hydrogen-bond acceptors (Lipinski definition) is 2. The molecule has 19 heavy (non-hydrogen) atoms. The van der Waals surface area contributed by atoms with Crippen molar-refractivity contribution in [2.45, 2.75) is 0 Å². The summed E-state index contributed by atoms with van der Waals surface area (Å²) < 4.78 is 2.53. The molecule has 0 bridgehead atoms. The standard InChI is InChI=1S/C14H8BrN3O/c15-8-4-3-6-10-12(8)13-16-9-5-1-2-7-11(9)18(13)14(19)17-10/h1-7H,(H,17,19). The van der Waals surface area contributed by atoms with Gasteiger partial charge >= 0.3 is 5.69 Å². The third-order valence-electron chi connectivity index (χ3n) is 3.24. The molecule has 4 rings (SSSR count). The molecule has 2 heterocycles. The van der Waals surface area contributed by atoms with Gasteiger partial charge in [0.2, 0.25) is 0 Å². The molecule has 92 valence electrons. The summed E-state index contributed by atoms with van der Waals surface area (Å²) in [6.07, 6.45) is 0. The molecule has 5 heteroatoms. The molecular formula is C14H8BrN3O. The zero-order chi connectivity index (χ0) is 13.0. The third kappa shape index (κ3) is 1.39. The highest BCUT2D eigenvalue weighted by atomic mass is 79.9. The Kier molecular flexibility index (Phi) is 2.08. The minimum Gasteiger partial charge on any atom is -0.306 e. The monoisotopic (exact) mass is 313 g/mol. The molecule has 0 fully saturated rings. The zero-order valence-corrected chi connectivity index (χ0v) is 11.3. The molecule has 0 unspecified atom stereocenters. The number of rotatable bonds is 0. The molecule has 0 aliphatic heterocycles. The molecule has 0 saturated heterocycles. The number of para-hydroxylation sites is 2. The van der Waals surface area contributed by atoms with Crippen LogP contribution in [0, 0.1) is 0 Å². The fourth-order valence-corrected chi connectivity index (χ4v) is 2.97. The predicted octanol–water partition coefficient (Wildman–Crippen LogP) is 3.09. The summed E-state index contributed by atoms with van der Waals surface area (Å²) in [6, 6.07) is 13.3. The number of aromatic nitrogens is 3. The van der Waals surface area contributed by atoms with Crippen molar-refractivity contribution in [2.24, 2.45) is 0 Å². The molecule has 0 aliphatic rings. The first-order valence-electron chi connectivity index (χ1n) is 5.83. The molecule has 0 saturated carbocycles. The summed E-state index contributed by atoms with van der Waals surface area (Å²) in [4.78, 5) is 19.7. The Morgan fingerprint density at radius 2 is 1.95 bits per heavy atom. The van der Waals surface area contributed by atoms with Gasteiger partial charge in [-0.15, -0.1) is 0 Å².